The fourth-order valence-electron chi connectivity index (χ4n) is 4.34. The number of carbonyl (C=O) groups is 3. The molecule has 0 saturated carbocycles. The topological polar surface area (TPSA) is 269 Å². The summed E-state index contributed by atoms with van der Waals surface area (Å²) in [7, 11) is 1.22. The average Bonchev–Trinajstić information content (AvgIpc) is 3.65. The number of anilines is 1. The van der Waals surface area contributed by atoms with E-state index in [-0.39, 0.29) is 82.2 Å². The van der Waals surface area contributed by atoms with Crippen molar-refractivity contribution in [2.24, 2.45) is 5.16 Å². The molecular weight excluding hydrogens is 666 g/mol. The van der Waals surface area contributed by atoms with Crippen LogP contribution in [0.5, 0.6) is 5.75 Å². The molecule has 45 heavy (non-hydrogen) atoms. The van der Waals surface area contributed by atoms with Gasteiger partial charge < -0.3 is 40.6 Å². The molecule has 0 bridgehead atoms. The molecule has 0 spiro atoms. The summed E-state index contributed by atoms with van der Waals surface area (Å²) in [6.07, 6.45) is 1.20. The first-order valence-corrected chi connectivity index (χ1v) is 15.3. The van der Waals surface area contributed by atoms with Gasteiger partial charge >= 0.3 is 29.6 Å². The van der Waals surface area contributed by atoms with Gasteiger partial charge in [0, 0.05) is 41.3 Å². The number of carbonyl (C=O) groups excluding carboxylic acids is 3. The Morgan fingerprint density at radius 2 is 2.11 bits per heavy atom. The Balaban J connectivity index is 0.00000461. The van der Waals surface area contributed by atoms with Crippen LogP contribution in [0.1, 0.15) is 11.5 Å². The van der Waals surface area contributed by atoms with Gasteiger partial charge in [0.05, 0.1) is 31.0 Å². The number of fused-ring (bicyclic) bond motifs is 1. The molecule has 3 aromatic rings. The summed E-state index contributed by atoms with van der Waals surface area (Å²) in [5.74, 6) is -3.27. The van der Waals surface area contributed by atoms with Crippen LogP contribution in [0.4, 0.5) is 5.13 Å². The number of amides is 2. The Hall–Kier alpha value is -3.54. The molecule has 2 amide bonds. The second-order valence-corrected chi connectivity index (χ2v) is 11.8. The number of hydrogen-bond donors (Lipinski definition) is 4. The van der Waals surface area contributed by atoms with Gasteiger partial charge in [-0.2, -0.15) is 9.36 Å². The fourth-order valence-corrected chi connectivity index (χ4v) is 7.16. The molecule has 2 aliphatic heterocycles. The molecule has 23 heteroatoms. The van der Waals surface area contributed by atoms with Gasteiger partial charge in [-0.15, -0.1) is 16.9 Å². The Bertz CT molecular complexity index is 1740. The smallest absolute Gasteiger partial charge is 0.543 e. The van der Waals surface area contributed by atoms with Gasteiger partial charge in [0.1, 0.15) is 18.5 Å². The zero-order valence-corrected chi connectivity index (χ0v) is 28.0. The van der Waals surface area contributed by atoms with E-state index >= 15 is 0 Å². The van der Waals surface area contributed by atoms with Crippen LogP contribution in [-0.4, -0.2) is 103 Å². The molecular formula is C22H22N11NaO8S3. The number of aliphatic carboxylic acids is 1. The number of oxime groups is 1. The number of nitrogen functional groups attached to an aromatic ring is 1. The van der Waals surface area contributed by atoms with Crippen LogP contribution in [0.15, 0.2) is 38.6 Å². The van der Waals surface area contributed by atoms with E-state index in [4.69, 9.17) is 10.6 Å². The average molecular weight is 688 g/mol. The van der Waals surface area contributed by atoms with E-state index in [0.717, 1.165) is 34.3 Å². The number of pyridine rings is 1. The van der Waals surface area contributed by atoms with Crippen molar-refractivity contribution in [3.63, 3.8) is 0 Å². The van der Waals surface area contributed by atoms with Gasteiger partial charge in [-0.1, -0.05) is 16.9 Å². The van der Waals surface area contributed by atoms with Gasteiger partial charge in [-0.25, -0.2) is 4.68 Å². The normalized spacial score (nSPS) is 17.8. The molecule has 19 nitrogen and oxygen atoms in total. The summed E-state index contributed by atoms with van der Waals surface area (Å²) in [5.41, 5.74) is 5.04. The van der Waals surface area contributed by atoms with Crippen LogP contribution in [0, 0.1) is 0 Å². The van der Waals surface area contributed by atoms with Gasteiger partial charge in [0.25, 0.3) is 11.8 Å². The van der Waals surface area contributed by atoms with Crippen LogP contribution in [0.3, 0.4) is 0 Å². The second-order valence-electron chi connectivity index (χ2n) is 9.02. The SMILES string of the molecule is CO/N=C(\C(=O)N[C@@H]1C(=O)N2C(C(=O)[O-])=C(CSc3nnnn3CCn3cc(O)c(=O)cc3CO)CS[C@@H]12)c1nsc(N)n1.[Na+]. The predicted molar refractivity (Wildman–Crippen MR) is 152 cm³/mol. The van der Waals surface area contributed by atoms with Crippen molar-refractivity contribution >= 4 is 63.7 Å². The van der Waals surface area contributed by atoms with Crippen LogP contribution in [-0.2, 0) is 38.9 Å². The summed E-state index contributed by atoms with van der Waals surface area (Å²) < 4.78 is 6.85. The number of carboxylic acids is 1. The molecule has 3 aromatic heterocycles. The standard InChI is InChI=1S/C22H23N11O8S3.Na/c1-41-27-13(16-25-21(23)44-28-16)17(37)24-14-18(38)33-15(20(39)40)9(7-42-19(14)33)8-43-22-26-29-30-32(22)3-2-31-5-12(36)11(35)4-10(31)6-34;/h4-5,14,19,34,36H,2-3,6-8H2,1H3,(H,24,37)(H,39,40)(H2,23,25,28);/q;+1/p-1/b27-13-;/t14-,19+;/m1./s1. The number of nitrogens with two attached hydrogens (primary N) is 1. The number of aryl methyl sites for hydroxylation is 2. The first-order chi connectivity index (χ1) is 21.1. The number of aromatic nitrogens is 7. The number of tetrazole rings is 1. The van der Waals surface area contributed by atoms with E-state index in [0.29, 0.717) is 10.7 Å². The van der Waals surface area contributed by atoms with Crippen LogP contribution in [0.2, 0.25) is 0 Å². The van der Waals surface area contributed by atoms with E-state index in [9.17, 15) is 34.5 Å². The zero-order chi connectivity index (χ0) is 31.5. The molecule has 5 rings (SSSR count). The third-order valence-electron chi connectivity index (χ3n) is 6.36. The monoisotopic (exact) mass is 687 g/mol. The number of carboxylic acid groups (broad SMARTS) is 1. The molecule has 1 fully saturated rings. The summed E-state index contributed by atoms with van der Waals surface area (Å²) >= 11 is 3.22. The number of rotatable bonds is 12. The number of thioether (sulfide) groups is 2. The summed E-state index contributed by atoms with van der Waals surface area (Å²) in [6.45, 7) is -0.0342. The van der Waals surface area contributed by atoms with Crippen molar-refractivity contribution in [2.45, 2.75) is 36.3 Å². The van der Waals surface area contributed by atoms with E-state index in [1.165, 1.54) is 34.3 Å². The van der Waals surface area contributed by atoms with Crippen molar-refractivity contribution in [3.8, 4) is 5.75 Å². The largest absolute Gasteiger partial charge is 1.00 e. The molecule has 2 atom stereocenters. The maximum atomic E-state index is 13.1. The number of nitrogens with zero attached hydrogens (tertiary/aromatic N) is 9. The second kappa shape index (κ2) is 14.7. The number of aliphatic hydroxyl groups is 1. The van der Waals surface area contributed by atoms with Crippen molar-refractivity contribution in [1.29, 1.82) is 0 Å². The number of aromatic hydroxyl groups is 1. The maximum Gasteiger partial charge on any atom is 1.00 e. The molecule has 232 valence electrons. The summed E-state index contributed by atoms with van der Waals surface area (Å²) in [4.78, 5) is 59.5. The van der Waals surface area contributed by atoms with Crippen LogP contribution in [0.25, 0.3) is 0 Å². The van der Waals surface area contributed by atoms with Crippen molar-refractivity contribution in [3.05, 3.63) is 45.3 Å². The van der Waals surface area contributed by atoms with Crippen LogP contribution < -0.4 is 51.1 Å². The maximum absolute atomic E-state index is 13.1. The fraction of sp³-hybridized carbons (Fsp3) is 0.364. The van der Waals surface area contributed by atoms with Gasteiger partial charge in [-0.3, -0.25) is 19.3 Å². The number of β-lactam (4-membered cyclic amide) rings is 1. The zero-order valence-electron chi connectivity index (χ0n) is 23.5. The molecule has 0 aromatic carbocycles. The number of aliphatic hydroxyl groups excluding tert-OH is 1. The summed E-state index contributed by atoms with van der Waals surface area (Å²) in [5, 5.41) is 48.9. The van der Waals surface area contributed by atoms with Gasteiger partial charge in [0.2, 0.25) is 22.1 Å². The van der Waals surface area contributed by atoms with Crippen LogP contribution >= 0.6 is 35.1 Å². The summed E-state index contributed by atoms with van der Waals surface area (Å²) in [6, 6.07) is 0.0675. The predicted octanol–water partition coefficient (Wildman–Crippen LogP) is -6.28. The molecule has 0 radical (unpaired) electrons. The minimum Gasteiger partial charge on any atom is -0.543 e. The van der Waals surface area contributed by atoms with Crippen molar-refractivity contribution in [1.82, 2.24) is 44.3 Å². The van der Waals surface area contributed by atoms with E-state index in [1.54, 1.807) is 0 Å². The number of hydrogen-bond acceptors (Lipinski definition) is 18. The van der Waals surface area contributed by atoms with Gasteiger partial charge in [0.15, 0.2) is 10.9 Å². The van der Waals surface area contributed by atoms with E-state index in [2.05, 4.69) is 35.4 Å². The Kier molecular flexibility index (Phi) is 11.2. The van der Waals surface area contributed by atoms with Crippen molar-refractivity contribution < 1.29 is 64.1 Å². The number of nitrogens with one attached hydrogen (secondary N) is 1. The molecule has 5 N–H and O–H groups in total. The Labute approximate surface area is 287 Å². The molecule has 2 aliphatic rings. The molecule has 5 heterocycles. The minimum atomic E-state index is -1.55. The quantitative estimate of drug-likeness (QED) is 0.0453. The molecule has 1 saturated heterocycles. The first kappa shape index (κ1) is 34.3. The van der Waals surface area contributed by atoms with Gasteiger partial charge in [-0.05, 0) is 16.0 Å². The molecule has 0 aliphatic carbocycles. The minimum absolute atomic E-state index is 0. The third kappa shape index (κ3) is 7.15. The third-order valence-corrected chi connectivity index (χ3v) is 9.29. The first-order valence-electron chi connectivity index (χ1n) is 12.4. The molecule has 0 unspecified atom stereocenters. The Morgan fingerprint density at radius 3 is 2.78 bits per heavy atom. The van der Waals surface area contributed by atoms with E-state index < -0.39 is 47.0 Å². The van der Waals surface area contributed by atoms with Crippen molar-refractivity contribution in [2.75, 3.05) is 24.3 Å². The van der Waals surface area contributed by atoms with E-state index in [1.807, 2.05) is 0 Å². The Morgan fingerprint density at radius 1 is 1.33 bits per heavy atom.